The summed E-state index contributed by atoms with van der Waals surface area (Å²) in [7, 11) is 0. The van der Waals surface area contributed by atoms with Gasteiger partial charge in [0, 0.05) is 13.0 Å². The van der Waals surface area contributed by atoms with Gasteiger partial charge < -0.3 is 15.0 Å². The Morgan fingerprint density at radius 2 is 2.09 bits per heavy atom. The molecule has 172 valence electrons. The van der Waals surface area contributed by atoms with Crippen molar-refractivity contribution in [3.8, 4) is 0 Å². The third-order valence-electron chi connectivity index (χ3n) is 6.11. The summed E-state index contributed by atoms with van der Waals surface area (Å²) in [6.07, 6.45) is 2.14. The molecule has 1 fully saturated rings. The van der Waals surface area contributed by atoms with Crippen molar-refractivity contribution in [2.24, 2.45) is 5.92 Å². The van der Waals surface area contributed by atoms with Crippen molar-refractivity contribution in [2.75, 3.05) is 13.1 Å². The third kappa shape index (κ3) is 4.98. The van der Waals surface area contributed by atoms with Crippen LogP contribution in [-0.4, -0.2) is 50.4 Å². The monoisotopic (exact) mass is 443 g/mol. The average Bonchev–Trinajstić information content (AvgIpc) is 3.15. The molecule has 3 heterocycles. The van der Waals surface area contributed by atoms with Crippen LogP contribution in [0.2, 0.25) is 0 Å². The van der Waals surface area contributed by atoms with Crippen molar-refractivity contribution >= 4 is 11.8 Å². The highest BCUT2D eigenvalue weighted by atomic mass is 19.1. The van der Waals surface area contributed by atoms with Gasteiger partial charge in [0.05, 0.1) is 38.4 Å². The molecule has 0 saturated carbocycles. The van der Waals surface area contributed by atoms with Gasteiger partial charge in [-0.2, -0.15) is 0 Å². The number of benzene rings is 1. The number of nitrogens with one attached hydrogen (secondary N) is 1. The predicted molar refractivity (Wildman–Crippen MR) is 115 cm³/mol. The number of fused-ring (bicyclic) bond motifs is 1. The van der Waals surface area contributed by atoms with E-state index in [1.807, 2.05) is 18.5 Å². The van der Waals surface area contributed by atoms with Crippen LogP contribution in [0.3, 0.4) is 0 Å². The highest BCUT2D eigenvalue weighted by molar-refractivity contribution is 5.79. The van der Waals surface area contributed by atoms with Gasteiger partial charge in [-0.1, -0.05) is 37.3 Å². The van der Waals surface area contributed by atoms with E-state index in [0.29, 0.717) is 56.4 Å². The third-order valence-corrected chi connectivity index (χ3v) is 6.11. The van der Waals surface area contributed by atoms with Gasteiger partial charge in [-0.25, -0.2) is 9.07 Å². The fourth-order valence-electron chi connectivity index (χ4n) is 4.43. The maximum absolute atomic E-state index is 14.0. The first kappa shape index (κ1) is 22.4. The van der Waals surface area contributed by atoms with E-state index < -0.39 is 5.60 Å². The van der Waals surface area contributed by atoms with Crippen LogP contribution in [0.15, 0.2) is 24.3 Å². The number of rotatable bonds is 6. The first-order valence-corrected chi connectivity index (χ1v) is 11.2. The van der Waals surface area contributed by atoms with Crippen LogP contribution in [0.25, 0.3) is 0 Å². The van der Waals surface area contributed by atoms with E-state index in [9.17, 15) is 14.0 Å². The number of carbonyl (C=O) groups is 2. The molecule has 1 spiro atoms. The molecule has 2 amide bonds. The molecular weight excluding hydrogens is 413 g/mol. The van der Waals surface area contributed by atoms with Gasteiger partial charge >= 0.3 is 0 Å². The lowest BCUT2D eigenvalue weighted by Gasteiger charge is -2.44. The van der Waals surface area contributed by atoms with Crippen LogP contribution in [0.5, 0.6) is 0 Å². The highest BCUT2D eigenvalue weighted by Gasteiger charge is 2.42. The second-order valence-corrected chi connectivity index (χ2v) is 9.17. The van der Waals surface area contributed by atoms with Crippen LogP contribution in [0.4, 0.5) is 4.39 Å². The second kappa shape index (κ2) is 9.36. The molecular formula is C23H30FN5O3. The van der Waals surface area contributed by atoms with E-state index >= 15 is 0 Å². The van der Waals surface area contributed by atoms with E-state index in [0.717, 1.165) is 18.5 Å². The summed E-state index contributed by atoms with van der Waals surface area (Å²) in [5.41, 5.74) is 1.45. The summed E-state index contributed by atoms with van der Waals surface area (Å²) in [5, 5.41) is 11.4. The Morgan fingerprint density at radius 1 is 1.28 bits per heavy atom. The zero-order valence-electron chi connectivity index (χ0n) is 18.6. The van der Waals surface area contributed by atoms with Crippen LogP contribution >= 0.6 is 0 Å². The first-order valence-electron chi connectivity index (χ1n) is 11.2. The summed E-state index contributed by atoms with van der Waals surface area (Å²) in [5.74, 6) is -0.175. The number of aromatic nitrogens is 3. The van der Waals surface area contributed by atoms with Gasteiger partial charge in [0.15, 0.2) is 0 Å². The Morgan fingerprint density at radius 3 is 2.88 bits per heavy atom. The Kier molecular flexibility index (Phi) is 6.55. The molecule has 1 N–H and O–H groups in total. The average molecular weight is 444 g/mol. The predicted octanol–water partition coefficient (Wildman–Crippen LogP) is 2.21. The molecule has 1 unspecified atom stereocenters. The molecule has 0 radical (unpaired) electrons. The molecule has 2 aliphatic rings. The maximum Gasteiger partial charge on any atom is 0.227 e. The lowest BCUT2D eigenvalue weighted by molar-refractivity contribution is -0.152. The summed E-state index contributed by atoms with van der Waals surface area (Å²) in [4.78, 5) is 26.6. The topological polar surface area (TPSA) is 89.3 Å². The minimum atomic E-state index is -0.526. The molecule has 0 bridgehead atoms. The summed E-state index contributed by atoms with van der Waals surface area (Å²) in [6.45, 7) is 6.24. The van der Waals surface area contributed by atoms with E-state index in [2.05, 4.69) is 15.6 Å². The van der Waals surface area contributed by atoms with Gasteiger partial charge in [-0.15, -0.1) is 5.10 Å². The van der Waals surface area contributed by atoms with E-state index in [1.54, 1.807) is 23.1 Å². The van der Waals surface area contributed by atoms with Crippen LogP contribution < -0.4 is 5.32 Å². The number of likely N-dealkylation sites (tertiary alicyclic amines) is 1. The fourth-order valence-corrected chi connectivity index (χ4v) is 4.43. The van der Waals surface area contributed by atoms with Crippen molar-refractivity contribution in [3.05, 3.63) is 47.0 Å². The Hall–Kier alpha value is -2.81. The van der Waals surface area contributed by atoms with E-state index in [4.69, 9.17) is 4.74 Å². The number of piperidine rings is 1. The Labute approximate surface area is 187 Å². The molecule has 1 aromatic heterocycles. The van der Waals surface area contributed by atoms with Gasteiger partial charge in [0.2, 0.25) is 11.8 Å². The van der Waals surface area contributed by atoms with Gasteiger partial charge in [-0.05, 0) is 30.4 Å². The van der Waals surface area contributed by atoms with Gasteiger partial charge in [0.25, 0.3) is 0 Å². The summed E-state index contributed by atoms with van der Waals surface area (Å²) >= 11 is 0. The van der Waals surface area contributed by atoms with Crippen molar-refractivity contribution in [1.29, 1.82) is 0 Å². The number of ether oxygens (including phenoxy) is 1. The lowest BCUT2D eigenvalue weighted by atomic mass is 9.90. The molecule has 9 heteroatoms. The zero-order chi connectivity index (χ0) is 22.7. The van der Waals surface area contributed by atoms with E-state index in [1.165, 1.54) is 6.07 Å². The SMILES string of the molecule is CC(C)CC(=O)NCc1nnn2c1COC1(CCCN(C(=O)Cc3ccccc3F)C1)C2. The van der Waals surface area contributed by atoms with E-state index in [-0.39, 0.29) is 24.1 Å². The number of halogens is 1. The molecule has 1 aromatic carbocycles. The van der Waals surface area contributed by atoms with Crippen LogP contribution in [-0.2, 0) is 40.4 Å². The minimum Gasteiger partial charge on any atom is -0.365 e. The molecule has 0 aliphatic carbocycles. The number of carbonyl (C=O) groups excluding carboxylic acids is 2. The lowest BCUT2D eigenvalue weighted by Crippen LogP contribution is -2.56. The highest BCUT2D eigenvalue weighted by Crippen LogP contribution is 2.32. The molecule has 8 nitrogen and oxygen atoms in total. The first-order chi connectivity index (χ1) is 15.3. The Bertz CT molecular complexity index is 992. The smallest absolute Gasteiger partial charge is 0.227 e. The standard InChI is InChI=1S/C23H30FN5O3/c1-16(2)10-21(30)25-12-19-20-13-32-23(15-29(20)27-26-19)8-5-9-28(14-23)22(31)11-17-6-3-4-7-18(17)24/h3-4,6-7,16H,5,8-15H2,1-2H3,(H,25,30). The molecule has 32 heavy (non-hydrogen) atoms. The van der Waals surface area contributed by atoms with Crippen molar-refractivity contribution < 1.29 is 18.7 Å². The molecule has 2 aliphatic heterocycles. The van der Waals surface area contributed by atoms with Crippen molar-refractivity contribution in [1.82, 2.24) is 25.2 Å². The fraction of sp³-hybridized carbons (Fsp3) is 0.565. The second-order valence-electron chi connectivity index (χ2n) is 9.17. The quantitative estimate of drug-likeness (QED) is 0.740. The largest absolute Gasteiger partial charge is 0.365 e. The van der Waals surface area contributed by atoms with Crippen LogP contribution in [0.1, 0.15) is 50.1 Å². The number of hydrogen-bond donors (Lipinski definition) is 1. The Balaban J connectivity index is 1.39. The van der Waals surface area contributed by atoms with Gasteiger partial charge in [-0.3, -0.25) is 9.59 Å². The minimum absolute atomic E-state index is 0.00812. The number of hydrogen-bond acceptors (Lipinski definition) is 5. The zero-order valence-corrected chi connectivity index (χ0v) is 18.6. The van der Waals surface area contributed by atoms with Crippen molar-refractivity contribution in [3.63, 3.8) is 0 Å². The molecule has 1 atom stereocenters. The number of amides is 2. The van der Waals surface area contributed by atoms with Gasteiger partial charge in [0.1, 0.15) is 17.1 Å². The number of nitrogens with zero attached hydrogens (tertiary/aromatic N) is 4. The van der Waals surface area contributed by atoms with Crippen LogP contribution in [0, 0.1) is 11.7 Å². The molecule has 1 saturated heterocycles. The summed E-state index contributed by atoms with van der Waals surface area (Å²) in [6, 6.07) is 6.38. The molecule has 4 rings (SSSR count). The molecule has 2 aromatic rings. The maximum atomic E-state index is 14.0. The summed E-state index contributed by atoms with van der Waals surface area (Å²) < 4.78 is 22.1. The normalized spacial score (nSPS) is 20.4. The van der Waals surface area contributed by atoms with Crippen molar-refractivity contribution in [2.45, 2.75) is 64.8 Å².